The fourth-order valence-corrected chi connectivity index (χ4v) is 2.52. The smallest absolute Gasteiger partial charge is 0.313 e. The normalized spacial score (nSPS) is 11.0. The third kappa shape index (κ3) is 4.91. The lowest BCUT2D eigenvalue weighted by molar-refractivity contribution is -0.136. The first-order chi connectivity index (χ1) is 11.8. The molecule has 0 aromatic carbocycles. The average molecular weight is 346 g/mol. The van der Waals surface area contributed by atoms with Crippen molar-refractivity contribution in [1.82, 2.24) is 24.9 Å². The van der Waals surface area contributed by atoms with Gasteiger partial charge in [-0.25, -0.2) is 0 Å². The van der Waals surface area contributed by atoms with Gasteiger partial charge >= 0.3 is 11.8 Å². The molecule has 25 heavy (non-hydrogen) atoms. The van der Waals surface area contributed by atoms with Gasteiger partial charge in [-0.1, -0.05) is 13.8 Å². The Hall–Kier alpha value is -2.64. The van der Waals surface area contributed by atoms with Crippen molar-refractivity contribution in [3.8, 4) is 0 Å². The minimum absolute atomic E-state index is 0.331. The summed E-state index contributed by atoms with van der Waals surface area (Å²) in [5.41, 5.74) is 3.06. The Morgan fingerprint density at radius 3 is 2.48 bits per heavy atom. The summed E-state index contributed by atoms with van der Waals surface area (Å²) in [4.78, 5) is 24.1. The maximum absolute atomic E-state index is 12.1. The van der Waals surface area contributed by atoms with E-state index in [1.807, 2.05) is 37.7 Å². The predicted molar refractivity (Wildman–Crippen MR) is 95.1 cm³/mol. The molecule has 0 bridgehead atoms. The van der Waals surface area contributed by atoms with Crippen molar-refractivity contribution in [3.05, 3.63) is 29.3 Å². The molecule has 2 rings (SSSR count). The highest BCUT2D eigenvalue weighted by atomic mass is 16.2. The molecule has 2 heterocycles. The number of carbonyl (C=O) groups is 2. The maximum atomic E-state index is 12.1. The topological polar surface area (TPSA) is 93.8 Å². The van der Waals surface area contributed by atoms with Crippen LogP contribution in [0, 0.1) is 26.7 Å². The van der Waals surface area contributed by atoms with Crippen LogP contribution in [-0.2, 0) is 22.7 Å². The van der Waals surface area contributed by atoms with E-state index in [9.17, 15) is 9.59 Å². The molecule has 8 heteroatoms. The van der Waals surface area contributed by atoms with Gasteiger partial charge in [-0.15, -0.1) is 0 Å². The van der Waals surface area contributed by atoms with Crippen LogP contribution in [0.3, 0.4) is 0 Å². The van der Waals surface area contributed by atoms with Crippen molar-refractivity contribution in [2.45, 2.75) is 47.7 Å². The van der Waals surface area contributed by atoms with Crippen molar-refractivity contribution in [1.29, 1.82) is 0 Å². The molecule has 0 aliphatic rings. The number of hydrogen-bond acceptors (Lipinski definition) is 4. The molecule has 0 radical (unpaired) electrons. The summed E-state index contributed by atoms with van der Waals surface area (Å²) in [7, 11) is 0. The van der Waals surface area contributed by atoms with Crippen molar-refractivity contribution in [2.75, 3.05) is 11.9 Å². The van der Waals surface area contributed by atoms with Crippen molar-refractivity contribution in [3.63, 3.8) is 0 Å². The zero-order chi connectivity index (χ0) is 18.6. The molecule has 0 saturated heterocycles. The van der Waals surface area contributed by atoms with Gasteiger partial charge in [0, 0.05) is 19.3 Å². The molecular weight excluding hydrogens is 320 g/mol. The van der Waals surface area contributed by atoms with Crippen LogP contribution < -0.4 is 10.6 Å². The molecule has 2 N–H and O–H groups in total. The van der Waals surface area contributed by atoms with Gasteiger partial charge in [-0.3, -0.25) is 19.0 Å². The number of anilines is 1. The second kappa shape index (κ2) is 7.96. The molecular formula is C17H26N6O2. The van der Waals surface area contributed by atoms with Crippen molar-refractivity contribution >= 4 is 17.5 Å². The first-order valence-electron chi connectivity index (χ1n) is 8.41. The first kappa shape index (κ1) is 18.7. The van der Waals surface area contributed by atoms with E-state index in [-0.39, 0.29) is 0 Å². The van der Waals surface area contributed by atoms with Crippen LogP contribution >= 0.6 is 0 Å². The Kier molecular flexibility index (Phi) is 5.95. The lowest BCUT2D eigenvalue weighted by Crippen LogP contribution is -2.37. The molecule has 136 valence electrons. The van der Waals surface area contributed by atoms with Gasteiger partial charge < -0.3 is 10.6 Å². The number of aryl methyl sites for hydroxylation is 2. The molecule has 0 spiro atoms. The Labute approximate surface area is 147 Å². The zero-order valence-corrected chi connectivity index (χ0v) is 15.5. The molecule has 0 atom stereocenters. The second-order valence-corrected chi connectivity index (χ2v) is 6.55. The molecule has 2 aromatic heterocycles. The van der Waals surface area contributed by atoms with Crippen LogP contribution in [0.2, 0.25) is 0 Å². The van der Waals surface area contributed by atoms with Crippen molar-refractivity contribution in [2.24, 2.45) is 5.92 Å². The van der Waals surface area contributed by atoms with Gasteiger partial charge in [-0.2, -0.15) is 10.2 Å². The van der Waals surface area contributed by atoms with E-state index < -0.39 is 11.8 Å². The van der Waals surface area contributed by atoms with Gasteiger partial charge in [0.25, 0.3) is 0 Å². The molecule has 2 aromatic rings. The summed E-state index contributed by atoms with van der Waals surface area (Å²) in [6.07, 6.45) is 1.83. The number of aromatic nitrogens is 4. The SMILES string of the molecule is Cc1ccn(CCNC(=O)C(=O)Nc2c(C)nn(CC(C)C)c2C)n1. The fourth-order valence-electron chi connectivity index (χ4n) is 2.52. The van der Waals surface area contributed by atoms with E-state index in [0.29, 0.717) is 30.4 Å². The van der Waals surface area contributed by atoms with Crippen LogP contribution in [0.1, 0.15) is 30.9 Å². The molecule has 0 fully saturated rings. The average Bonchev–Trinajstić information content (AvgIpc) is 3.05. The predicted octanol–water partition coefficient (Wildman–Crippen LogP) is 1.42. The minimum atomic E-state index is -0.688. The van der Waals surface area contributed by atoms with Gasteiger partial charge in [0.1, 0.15) is 0 Å². The number of nitrogens with zero attached hydrogens (tertiary/aromatic N) is 4. The van der Waals surface area contributed by atoms with Crippen LogP contribution in [-0.4, -0.2) is 37.9 Å². The quantitative estimate of drug-likeness (QED) is 0.774. The monoisotopic (exact) mass is 346 g/mol. The molecule has 8 nitrogen and oxygen atoms in total. The summed E-state index contributed by atoms with van der Waals surface area (Å²) >= 11 is 0. The Balaban J connectivity index is 1.90. The third-order valence-corrected chi connectivity index (χ3v) is 3.76. The first-order valence-corrected chi connectivity index (χ1v) is 8.41. The lowest BCUT2D eigenvalue weighted by atomic mass is 10.2. The number of amides is 2. The van der Waals surface area contributed by atoms with Gasteiger partial charge in [0.15, 0.2) is 0 Å². The van der Waals surface area contributed by atoms with Crippen molar-refractivity contribution < 1.29 is 9.59 Å². The largest absolute Gasteiger partial charge is 0.346 e. The molecule has 2 amide bonds. The minimum Gasteiger partial charge on any atom is -0.346 e. The fraction of sp³-hybridized carbons (Fsp3) is 0.529. The number of nitrogens with one attached hydrogen (secondary N) is 2. The highest BCUT2D eigenvalue weighted by Gasteiger charge is 2.19. The maximum Gasteiger partial charge on any atom is 0.313 e. The Morgan fingerprint density at radius 1 is 1.16 bits per heavy atom. The summed E-state index contributed by atoms with van der Waals surface area (Å²) in [5, 5.41) is 13.9. The summed E-state index contributed by atoms with van der Waals surface area (Å²) in [6.45, 7) is 11.4. The lowest BCUT2D eigenvalue weighted by Gasteiger charge is -2.09. The van der Waals surface area contributed by atoms with Crippen LogP contribution in [0.25, 0.3) is 0 Å². The second-order valence-electron chi connectivity index (χ2n) is 6.55. The zero-order valence-electron chi connectivity index (χ0n) is 15.5. The van der Waals surface area contributed by atoms with E-state index in [2.05, 4.69) is 34.7 Å². The Morgan fingerprint density at radius 2 is 1.88 bits per heavy atom. The van der Waals surface area contributed by atoms with E-state index in [1.54, 1.807) is 4.68 Å². The van der Waals surface area contributed by atoms with Gasteiger partial charge in [0.2, 0.25) is 0 Å². The Bertz CT molecular complexity index is 759. The number of rotatable bonds is 6. The van der Waals surface area contributed by atoms with Gasteiger partial charge in [0.05, 0.1) is 29.3 Å². The van der Waals surface area contributed by atoms with E-state index in [0.717, 1.165) is 17.9 Å². The molecule has 0 unspecified atom stereocenters. The van der Waals surface area contributed by atoms with Crippen LogP contribution in [0.15, 0.2) is 12.3 Å². The number of hydrogen-bond donors (Lipinski definition) is 2. The molecule has 0 aliphatic carbocycles. The summed E-state index contributed by atoms with van der Waals surface area (Å²) in [5.74, 6) is -0.915. The standard InChI is InChI=1S/C17H26N6O2/c1-11(2)10-23-14(5)15(13(4)21-23)19-17(25)16(24)18-7-9-22-8-6-12(3)20-22/h6,8,11H,7,9-10H2,1-5H3,(H,18,24)(H,19,25). The van der Waals surface area contributed by atoms with Crippen LogP contribution in [0.4, 0.5) is 5.69 Å². The highest BCUT2D eigenvalue weighted by molar-refractivity contribution is 6.39. The van der Waals surface area contributed by atoms with Gasteiger partial charge in [-0.05, 0) is 32.8 Å². The van der Waals surface area contributed by atoms with E-state index in [4.69, 9.17) is 0 Å². The summed E-state index contributed by atoms with van der Waals surface area (Å²) in [6, 6.07) is 1.88. The molecule has 0 aliphatic heterocycles. The highest BCUT2D eigenvalue weighted by Crippen LogP contribution is 2.20. The van der Waals surface area contributed by atoms with E-state index in [1.165, 1.54) is 0 Å². The number of carbonyl (C=O) groups excluding carboxylic acids is 2. The molecule has 0 saturated carbocycles. The summed E-state index contributed by atoms with van der Waals surface area (Å²) < 4.78 is 3.57. The van der Waals surface area contributed by atoms with Crippen LogP contribution in [0.5, 0.6) is 0 Å². The van der Waals surface area contributed by atoms with E-state index >= 15 is 0 Å². The third-order valence-electron chi connectivity index (χ3n) is 3.76.